The van der Waals surface area contributed by atoms with Crippen molar-refractivity contribution in [1.82, 2.24) is 4.72 Å². The molecule has 0 unspecified atom stereocenters. The number of carbonyl (C=O) groups is 1. The average molecular weight is 477 g/mol. The van der Waals surface area contributed by atoms with Gasteiger partial charge in [0, 0.05) is 4.47 Å². The van der Waals surface area contributed by atoms with E-state index in [1.807, 2.05) is 6.07 Å². The van der Waals surface area contributed by atoms with Gasteiger partial charge in [0.15, 0.2) is 0 Å². The molecule has 3 rings (SSSR count). The Kier molecular flexibility index (Phi) is 6.79. The van der Waals surface area contributed by atoms with Gasteiger partial charge in [-0.3, -0.25) is 4.79 Å². The van der Waals surface area contributed by atoms with Crippen molar-refractivity contribution < 1.29 is 17.6 Å². The van der Waals surface area contributed by atoms with Crippen molar-refractivity contribution >= 4 is 37.5 Å². The predicted octanol–water partition coefficient (Wildman–Crippen LogP) is 4.12. The lowest BCUT2D eigenvalue weighted by atomic mass is 10.1. The quantitative estimate of drug-likeness (QED) is 0.538. The zero-order valence-corrected chi connectivity index (χ0v) is 17.6. The first kappa shape index (κ1) is 21.2. The molecule has 0 aliphatic heterocycles. The van der Waals surface area contributed by atoms with Gasteiger partial charge in [-0.2, -0.15) is 4.72 Å². The third kappa shape index (κ3) is 5.72. The first-order valence-electron chi connectivity index (χ1n) is 8.72. The van der Waals surface area contributed by atoms with Crippen LogP contribution in [0.15, 0.2) is 88.2 Å². The first-order chi connectivity index (χ1) is 13.8. The van der Waals surface area contributed by atoms with Crippen LogP contribution in [0.1, 0.15) is 5.56 Å². The second-order valence-corrected chi connectivity index (χ2v) is 8.92. The highest BCUT2D eigenvalue weighted by atomic mass is 79.9. The summed E-state index contributed by atoms with van der Waals surface area (Å²) >= 11 is 3.26. The molecule has 0 aromatic heterocycles. The van der Waals surface area contributed by atoms with Gasteiger partial charge in [0.2, 0.25) is 15.9 Å². The molecule has 3 aromatic carbocycles. The van der Waals surface area contributed by atoms with E-state index in [4.69, 9.17) is 0 Å². The molecular weight excluding hydrogens is 459 g/mol. The monoisotopic (exact) mass is 476 g/mol. The molecule has 8 heteroatoms. The van der Waals surface area contributed by atoms with Crippen molar-refractivity contribution in [3.05, 3.63) is 94.7 Å². The fourth-order valence-electron chi connectivity index (χ4n) is 2.69. The van der Waals surface area contributed by atoms with Gasteiger partial charge in [-0.05, 0) is 48.4 Å². The summed E-state index contributed by atoms with van der Waals surface area (Å²) in [5, 5.41) is 2.47. The second-order valence-electron chi connectivity index (χ2n) is 6.29. The maximum atomic E-state index is 13.9. The molecule has 150 valence electrons. The zero-order chi connectivity index (χ0) is 20.9. The highest BCUT2D eigenvalue weighted by molar-refractivity contribution is 9.10. The van der Waals surface area contributed by atoms with E-state index in [1.54, 1.807) is 42.5 Å². The minimum atomic E-state index is -3.97. The van der Waals surface area contributed by atoms with E-state index in [2.05, 4.69) is 26.0 Å². The number of rotatable bonds is 7. The predicted molar refractivity (Wildman–Crippen MR) is 113 cm³/mol. The summed E-state index contributed by atoms with van der Waals surface area (Å²) in [6.07, 6.45) is 0.108. The maximum Gasteiger partial charge on any atom is 0.242 e. The number of amides is 1. The van der Waals surface area contributed by atoms with Gasteiger partial charge in [-0.25, -0.2) is 12.8 Å². The number of para-hydroxylation sites is 1. The molecule has 0 bridgehead atoms. The molecule has 0 aliphatic carbocycles. The molecule has 0 radical (unpaired) electrons. The van der Waals surface area contributed by atoms with Gasteiger partial charge in [0.05, 0.1) is 10.6 Å². The summed E-state index contributed by atoms with van der Waals surface area (Å²) in [7, 11) is -3.97. The standard InChI is InChI=1S/C21H18BrFN2O3S/c22-16-10-12-17(13-11-16)29(27,28)25-20(14-15-6-2-1-3-7-15)21(26)24-19-9-5-4-8-18(19)23/h1-13,20,25H,14H2,(H,24,26)/t20-/m0/s1. The average Bonchev–Trinajstić information content (AvgIpc) is 2.70. The van der Waals surface area contributed by atoms with Gasteiger partial charge in [0.1, 0.15) is 11.9 Å². The Morgan fingerprint density at radius 2 is 1.55 bits per heavy atom. The van der Waals surface area contributed by atoms with E-state index in [0.29, 0.717) is 0 Å². The fraction of sp³-hybridized carbons (Fsp3) is 0.0952. The topological polar surface area (TPSA) is 75.3 Å². The Labute approximate surface area is 177 Å². The van der Waals surface area contributed by atoms with Crippen LogP contribution in [-0.2, 0) is 21.2 Å². The summed E-state index contributed by atoms with van der Waals surface area (Å²) < 4.78 is 42.7. The number of benzene rings is 3. The smallest absolute Gasteiger partial charge is 0.242 e. The van der Waals surface area contributed by atoms with Crippen LogP contribution in [0.2, 0.25) is 0 Å². The van der Waals surface area contributed by atoms with Crippen LogP contribution in [-0.4, -0.2) is 20.4 Å². The van der Waals surface area contributed by atoms with Crippen molar-refractivity contribution in [3.8, 4) is 0 Å². The van der Waals surface area contributed by atoms with Crippen molar-refractivity contribution in [2.24, 2.45) is 0 Å². The van der Waals surface area contributed by atoms with Crippen molar-refractivity contribution in [2.75, 3.05) is 5.32 Å². The molecule has 1 amide bonds. The molecule has 2 N–H and O–H groups in total. The minimum absolute atomic E-state index is 0.0154. The van der Waals surface area contributed by atoms with Crippen LogP contribution < -0.4 is 10.0 Å². The van der Waals surface area contributed by atoms with Crippen molar-refractivity contribution in [1.29, 1.82) is 0 Å². The van der Waals surface area contributed by atoms with Crippen LogP contribution in [0, 0.1) is 5.82 Å². The molecule has 0 aliphatic rings. The molecule has 0 saturated carbocycles. The van der Waals surface area contributed by atoms with Crippen LogP contribution >= 0.6 is 15.9 Å². The summed E-state index contributed by atoms with van der Waals surface area (Å²) in [6, 6.07) is 19.6. The van der Waals surface area contributed by atoms with Crippen LogP contribution in [0.4, 0.5) is 10.1 Å². The fourth-order valence-corrected chi connectivity index (χ4v) is 4.15. The Morgan fingerprint density at radius 3 is 2.21 bits per heavy atom. The highest BCUT2D eigenvalue weighted by Crippen LogP contribution is 2.17. The van der Waals surface area contributed by atoms with Crippen LogP contribution in [0.3, 0.4) is 0 Å². The van der Waals surface area contributed by atoms with E-state index in [9.17, 15) is 17.6 Å². The molecule has 1 atom stereocenters. The lowest BCUT2D eigenvalue weighted by Gasteiger charge is -2.19. The highest BCUT2D eigenvalue weighted by Gasteiger charge is 2.26. The molecular formula is C21H18BrFN2O3S. The molecule has 0 saturated heterocycles. The Bertz CT molecular complexity index is 1090. The minimum Gasteiger partial charge on any atom is -0.322 e. The number of halogens is 2. The SMILES string of the molecule is O=C(Nc1ccccc1F)[C@H](Cc1ccccc1)NS(=O)(=O)c1ccc(Br)cc1. The Balaban J connectivity index is 1.87. The number of hydrogen-bond acceptors (Lipinski definition) is 3. The van der Waals surface area contributed by atoms with Crippen LogP contribution in [0.25, 0.3) is 0 Å². The van der Waals surface area contributed by atoms with Gasteiger partial charge in [-0.1, -0.05) is 58.4 Å². The second kappa shape index (κ2) is 9.30. The normalized spacial score (nSPS) is 12.3. The lowest BCUT2D eigenvalue weighted by Crippen LogP contribution is -2.45. The van der Waals surface area contributed by atoms with E-state index < -0.39 is 27.8 Å². The number of carbonyl (C=O) groups excluding carboxylic acids is 1. The summed E-state index contributed by atoms with van der Waals surface area (Å²) in [5.74, 6) is -1.25. The first-order valence-corrected chi connectivity index (χ1v) is 11.0. The summed E-state index contributed by atoms with van der Waals surface area (Å²) in [4.78, 5) is 12.8. The summed E-state index contributed by atoms with van der Waals surface area (Å²) in [6.45, 7) is 0. The third-order valence-corrected chi connectivity index (χ3v) is 6.17. The van der Waals surface area contributed by atoms with Gasteiger partial charge in [-0.15, -0.1) is 0 Å². The van der Waals surface area contributed by atoms with Gasteiger partial charge < -0.3 is 5.32 Å². The Hall–Kier alpha value is -2.55. The third-order valence-electron chi connectivity index (χ3n) is 4.15. The zero-order valence-electron chi connectivity index (χ0n) is 15.2. The molecule has 0 heterocycles. The van der Waals surface area contributed by atoms with Crippen molar-refractivity contribution in [3.63, 3.8) is 0 Å². The molecule has 5 nitrogen and oxygen atoms in total. The number of sulfonamides is 1. The van der Waals surface area contributed by atoms with Gasteiger partial charge >= 0.3 is 0 Å². The lowest BCUT2D eigenvalue weighted by molar-refractivity contribution is -0.117. The largest absolute Gasteiger partial charge is 0.322 e. The van der Waals surface area contributed by atoms with E-state index in [-0.39, 0.29) is 17.0 Å². The molecule has 3 aromatic rings. The van der Waals surface area contributed by atoms with E-state index >= 15 is 0 Å². The molecule has 0 spiro atoms. The Morgan fingerprint density at radius 1 is 0.931 bits per heavy atom. The molecule has 29 heavy (non-hydrogen) atoms. The van der Waals surface area contributed by atoms with Crippen molar-refractivity contribution in [2.45, 2.75) is 17.4 Å². The maximum absolute atomic E-state index is 13.9. The number of anilines is 1. The van der Waals surface area contributed by atoms with E-state index in [1.165, 1.54) is 30.3 Å². The van der Waals surface area contributed by atoms with Gasteiger partial charge in [0.25, 0.3) is 0 Å². The summed E-state index contributed by atoms with van der Waals surface area (Å²) in [5.41, 5.74) is 0.748. The number of hydrogen-bond donors (Lipinski definition) is 2. The van der Waals surface area contributed by atoms with Crippen LogP contribution in [0.5, 0.6) is 0 Å². The number of nitrogens with one attached hydrogen (secondary N) is 2. The van der Waals surface area contributed by atoms with E-state index in [0.717, 1.165) is 10.0 Å². The molecule has 0 fully saturated rings.